The fraction of sp³-hybridized carbons (Fsp3) is 0.240. The van der Waals surface area contributed by atoms with Crippen molar-refractivity contribution in [2.75, 3.05) is 32.0 Å². The lowest BCUT2D eigenvalue weighted by Crippen LogP contribution is -2.57. The highest BCUT2D eigenvalue weighted by Gasteiger charge is 2.37. The molecule has 1 saturated heterocycles. The predicted octanol–water partition coefficient (Wildman–Crippen LogP) is 4.35. The number of nitrogen functional groups attached to an aromatic ring is 1. The maximum absolute atomic E-state index is 14.6. The quantitative estimate of drug-likeness (QED) is 0.516. The molecule has 0 radical (unpaired) electrons. The molecular formula is C25H20ClFN4O3S. The summed E-state index contributed by atoms with van der Waals surface area (Å²) in [6.45, 7) is 6.61. The Kier molecular flexibility index (Phi) is 5.66. The summed E-state index contributed by atoms with van der Waals surface area (Å²) < 4.78 is 21.0. The topological polar surface area (TPSA) is 99.7 Å². The van der Waals surface area contributed by atoms with Crippen molar-refractivity contribution in [2.24, 2.45) is 0 Å². The molecule has 0 saturated carbocycles. The predicted molar refractivity (Wildman–Crippen MR) is 133 cm³/mol. The number of fused-ring (bicyclic) bond motifs is 3. The van der Waals surface area contributed by atoms with Gasteiger partial charge < -0.3 is 20.3 Å². The van der Waals surface area contributed by atoms with Gasteiger partial charge in [-0.05, 0) is 30.7 Å². The molecular weight excluding hydrogens is 491 g/mol. The van der Waals surface area contributed by atoms with E-state index in [4.69, 9.17) is 22.1 Å². The number of hydrogen-bond donors (Lipinski definition) is 1. The number of nitriles is 1. The van der Waals surface area contributed by atoms with Crippen LogP contribution in [0, 0.1) is 24.1 Å². The Bertz CT molecular complexity index is 1480. The number of nitrogens with zero attached hydrogens (tertiary/aromatic N) is 3. The molecule has 178 valence electrons. The molecule has 1 aromatic heterocycles. The zero-order valence-corrected chi connectivity index (χ0v) is 20.3. The monoisotopic (exact) mass is 510 g/mol. The number of benzene rings is 2. The number of ether oxygens (including phenoxy) is 1. The van der Waals surface area contributed by atoms with Crippen LogP contribution in [-0.4, -0.2) is 53.9 Å². The first-order valence-corrected chi connectivity index (χ1v) is 12.0. The number of rotatable bonds is 2. The maximum Gasteiger partial charge on any atom is 0.258 e. The van der Waals surface area contributed by atoms with Crippen molar-refractivity contribution in [1.82, 2.24) is 9.80 Å². The van der Waals surface area contributed by atoms with E-state index in [0.717, 1.165) is 11.3 Å². The van der Waals surface area contributed by atoms with Crippen molar-refractivity contribution in [1.29, 1.82) is 5.26 Å². The Morgan fingerprint density at radius 3 is 2.89 bits per heavy atom. The number of hydrogen-bond acceptors (Lipinski definition) is 6. The second-order valence-electron chi connectivity index (χ2n) is 8.44. The summed E-state index contributed by atoms with van der Waals surface area (Å²) in [5.74, 6) is -0.521. The zero-order valence-electron chi connectivity index (χ0n) is 18.7. The van der Waals surface area contributed by atoms with Gasteiger partial charge in [-0.15, -0.1) is 11.3 Å². The summed E-state index contributed by atoms with van der Waals surface area (Å²) in [5.41, 5.74) is 8.19. The number of carbonyl (C=O) groups is 2. The average Bonchev–Trinajstić information content (AvgIpc) is 3.13. The Morgan fingerprint density at radius 1 is 1.40 bits per heavy atom. The number of amides is 2. The van der Waals surface area contributed by atoms with E-state index >= 15 is 0 Å². The highest BCUT2D eigenvalue weighted by Crippen LogP contribution is 2.46. The molecule has 7 nitrogen and oxygen atoms in total. The van der Waals surface area contributed by atoms with Crippen LogP contribution in [0.25, 0.3) is 21.2 Å². The molecule has 2 aliphatic rings. The van der Waals surface area contributed by atoms with Crippen molar-refractivity contribution in [2.45, 2.75) is 13.0 Å². The van der Waals surface area contributed by atoms with Crippen LogP contribution in [0.4, 0.5) is 9.39 Å². The van der Waals surface area contributed by atoms with Gasteiger partial charge in [0.25, 0.3) is 5.91 Å². The molecule has 0 aliphatic carbocycles. The van der Waals surface area contributed by atoms with Gasteiger partial charge in [-0.1, -0.05) is 24.2 Å². The highest BCUT2D eigenvalue weighted by molar-refractivity contribution is 7.23. The molecule has 2 amide bonds. The lowest BCUT2D eigenvalue weighted by atomic mass is 9.93. The fourth-order valence-electron chi connectivity index (χ4n) is 4.87. The summed E-state index contributed by atoms with van der Waals surface area (Å²) in [7, 11) is 0. The third-order valence-corrected chi connectivity index (χ3v) is 7.88. The number of thiophene rings is 1. The second kappa shape index (κ2) is 8.56. The Morgan fingerprint density at radius 2 is 2.17 bits per heavy atom. The average molecular weight is 511 g/mol. The van der Waals surface area contributed by atoms with Gasteiger partial charge in [-0.2, -0.15) is 5.26 Å². The minimum atomic E-state index is -0.479. The molecule has 1 fully saturated rings. The second-order valence-corrected chi connectivity index (χ2v) is 9.90. The molecule has 2 aromatic carbocycles. The van der Waals surface area contributed by atoms with E-state index in [1.54, 1.807) is 28.9 Å². The van der Waals surface area contributed by atoms with Crippen molar-refractivity contribution in [3.63, 3.8) is 0 Å². The van der Waals surface area contributed by atoms with Gasteiger partial charge in [0.15, 0.2) is 0 Å². The molecule has 10 heteroatoms. The van der Waals surface area contributed by atoms with E-state index in [-0.39, 0.29) is 44.8 Å². The van der Waals surface area contributed by atoms with Gasteiger partial charge in [-0.25, -0.2) is 4.39 Å². The van der Waals surface area contributed by atoms with Crippen LogP contribution in [-0.2, 0) is 4.79 Å². The lowest BCUT2D eigenvalue weighted by Gasteiger charge is -2.39. The van der Waals surface area contributed by atoms with E-state index in [1.807, 2.05) is 0 Å². The fourth-order valence-corrected chi connectivity index (χ4v) is 6.17. The van der Waals surface area contributed by atoms with Gasteiger partial charge >= 0.3 is 0 Å². The molecule has 35 heavy (non-hydrogen) atoms. The molecule has 0 unspecified atom stereocenters. The third kappa shape index (κ3) is 3.52. The number of nitrogens with two attached hydrogens (primary N) is 1. The number of piperazine rings is 1. The van der Waals surface area contributed by atoms with Gasteiger partial charge in [0.2, 0.25) is 5.91 Å². The van der Waals surface area contributed by atoms with Gasteiger partial charge in [0.1, 0.15) is 29.2 Å². The summed E-state index contributed by atoms with van der Waals surface area (Å²) in [6, 6.07) is 6.18. The van der Waals surface area contributed by atoms with Crippen molar-refractivity contribution >= 4 is 49.8 Å². The van der Waals surface area contributed by atoms with Crippen LogP contribution < -0.4 is 10.5 Å². The molecule has 0 bridgehead atoms. The van der Waals surface area contributed by atoms with Gasteiger partial charge in [0.05, 0.1) is 21.9 Å². The minimum absolute atomic E-state index is 0.186. The smallest absolute Gasteiger partial charge is 0.258 e. The first-order chi connectivity index (χ1) is 16.8. The van der Waals surface area contributed by atoms with Crippen molar-refractivity contribution in [3.05, 3.63) is 58.4 Å². The highest BCUT2D eigenvalue weighted by atomic mass is 35.5. The maximum atomic E-state index is 14.6. The first-order valence-electron chi connectivity index (χ1n) is 10.9. The van der Waals surface area contributed by atoms with Crippen molar-refractivity contribution in [3.8, 4) is 22.9 Å². The minimum Gasteiger partial charge on any atom is -0.490 e. The molecule has 3 aromatic rings. The number of halogens is 2. The van der Waals surface area contributed by atoms with Gasteiger partial charge in [-0.3, -0.25) is 9.59 Å². The molecule has 3 heterocycles. The van der Waals surface area contributed by atoms with E-state index in [1.165, 1.54) is 12.1 Å². The van der Waals surface area contributed by atoms with Crippen LogP contribution in [0.5, 0.6) is 5.75 Å². The van der Waals surface area contributed by atoms with Crippen LogP contribution in [0.15, 0.2) is 30.9 Å². The molecule has 2 aliphatic heterocycles. The summed E-state index contributed by atoms with van der Waals surface area (Å²) in [4.78, 5) is 28.9. The molecule has 1 atom stereocenters. The Balaban J connectivity index is 1.64. The molecule has 5 rings (SSSR count). The number of anilines is 1. The molecule has 2 N–H and O–H groups in total. The molecule has 0 spiro atoms. The van der Waals surface area contributed by atoms with E-state index in [0.29, 0.717) is 53.0 Å². The normalized spacial score (nSPS) is 17.3. The lowest BCUT2D eigenvalue weighted by molar-refractivity contribution is -0.128. The van der Waals surface area contributed by atoms with Crippen molar-refractivity contribution < 1.29 is 18.7 Å². The van der Waals surface area contributed by atoms with Crippen LogP contribution in [0.3, 0.4) is 0 Å². The van der Waals surface area contributed by atoms with E-state index in [9.17, 15) is 19.2 Å². The summed E-state index contributed by atoms with van der Waals surface area (Å²) >= 11 is 7.73. The van der Waals surface area contributed by atoms with Crippen LogP contribution >= 0.6 is 22.9 Å². The summed E-state index contributed by atoms with van der Waals surface area (Å²) in [5, 5.41) is 10.6. The van der Waals surface area contributed by atoms with Crippen LogP contribution in [0.2, 0.25) is 5.02 Å². The summed E-state index contributed by atoms with van der Waals surface area (Å²) in [6.07, 6.45) is 1.26. The number of carbonyl (C=O) groups excluding carboxylic acids is 2. The standard InChI is InChI=1S/C25H20ClFN4O3S/c1-3-19(32)30-6-7-31-13(10-30)11-34-22-12(2)20(17(26)8-15(22)25(31)33)14-4-5-18(27)23-21(14)16(9-28)24(29)35-23/h3-5,8,13H,1,6-7,10-11,29H2,2H3/t13-/m1/s1. The van der Waals surface area contributed by atoms with Gasteiger partial charge in [0, 0.05) is 41.2 Å². The van der Waals surface area contributed by atoms with E-state index in [2.05, 4.69) is 12.6 Å². The SMILES string of the molecule is C=CC(=O)N1CCN2C(=O)c3cc(Cl)c(-c4ccc(F)c5sc(N)c(C#N)c45)c(C)c3OC[C@H]2C1. The Labute approximate surface area is 209 Å². The Hall–Kier alpha value is -3.61. The first kappa shape index (κ1) is 23.1. The van der Waals surface area contributed by atoms with Crippen LogP contribution in [0.1, 0.15) is 21.5 Å². The van der Waals surface area contributed by atoms with E-state index < -0.39 is 5.82 Å². The third-order valence-electron chi connectivity index (χ3n) is 6.55. The zero-order chi connectivity index (χ0) is 25.0. The largest absolute Gasteiger partial charge is 0.490 e.